The van der Waals surface area contributed by atoms with E-state index in [1.54, 1.807) is 0 Å². The average molecular weight is 259 g/mol. The van der Waals surface area contributed by atoms with E-state index in [9.17, 15) is 26.4 Å². The van der Waals surface area contributed by atoms with E-state index in [2.05, 4.69) is 4.74 Å². The summed E-state index contributed by atoms with van der Waals surface area (Å²) in [5, 5.41) is 8.39. The number of hydrogen-bond acceptors (Lipinski definition) is 5. The molecule has 9 heteroatoms. The Labute approximate surface area is 89.7 Å². The van der Waals surface area contributed by atoms with Gasteiger partial charge in [-0.15, -0.1) is 0 Å². The van der Waals surface area contributed by atoms with Gasteiger partial charge in [-0.05, 0) is 6.92 Å². The van der Waals surface area contributed by atoms with Crippen molar-refractivity contribution < 1.29 is 31.1 Å². The normalized spacial score (nSPS) is 16.0. The van der Waals surface area contributed by atoms with Gasteiger partial charge in [0.2, 0.25) is 0 Å². The van der Waals surface area contributed by atoms with Crippen molar-refractivity contribution in [2.75, 3.05) is 12.9 Å². The lowest BCUT2D eigenvalue weighted by Crippen LogP contribution is -2.57. The predicted octanol–water partition coefficient (Wildman–Crippen LogP) is 0.419. The summed E-state index contributed by atoms with van der Waals surface area (Å²) in [4.78, 5) is 11.0. The molecule has 0 aliphatic heterocycles. The molecule has 0 heterocycles. The van der Waals surface area contributed by atoms with E-state index in [-0.39, 0.29) is 6.26 Å². The Hall–Kier alpha value is -1.30. The molecule has 0 N–H and O–H groups in total. The minimum Gasteiger partial charge on any atom is -0.464 e. The van der Waals surface area contributed by atoms with Crippen LogP contribution >= 0.6 is 0 Å². The van der Waals surface area contributed by atoms with Crippen LogP contribution < -0.4 is 0 Å². The molecule has 5 nitrogen and oxygen atoms in total. The fraction of sp³-hybridized carbons (Fsp3) is 0.714. The summed E-state index contributed by atoms with van der Waals surface area (Å²) in [6.45, 7) is 0.729. The molecule has 0 aliphatic rings. The smallest absolute Gasteiger partial charge is 0.432 e. The summed E-state index contributed by atoms with van der Waals surface area (Å²) < 4.78 is 59.5. The maximum absolute atomic E-state index is 12.5. The number of hydrogen-bond donors (Lipinski definition) is 0. The molecular weight excluding hydrogens is 251 g/mol. The third-order valence-corrected chi connectivity index (χ3v) is 3.28. The van der Waals surface area contributed by atoms with Crippen LogP contribution in [0.1, 0.15) is 6.92 Å². The summed E-state index contributed by atoms with van der Waals surface area (Å²) in [5.41, 5.74) is 0. The summed E-state index contributed by atoms with van der Waals surface area (Å²) in [6.07, 6.45) is -5.40. The molecule has 1 atom stereocenters. The van der Waals surface area contributed by atoms with Crippen molar-refractivity contribution in [3.63, 3.8) is 0 Å². The third-order valence-electron chi connectivity index (χ3n) is 1.68. The minimum atomic E-state index is -5.55. The number of alkyl halides is 3. The van der Waals surface area contributed by atoms with Crippen LogP contribution in [0.3, 0.4) is 0 Å². The molecule has 0 saturated carbocycles. The number of carbonyl (C=O) groups excluding carboxylic acids is 1. The largest absolute Gasteiger partial charge is 0.464 e. The van der Waals surface area contributed by atoms with Crippen molar-refractivity contribution in [2.24, 2.45) is 0 Å². The topological polar surface area (TPSA) is 84.2 Å². The number of halogens is 3. The molecule has 0 rings (SSSR count). The first-order valence-electron chi connectivity index (χ1n) is 3.89. The SMILES string of the molecule is CCOC(=O)C(C#N)(C(F)(F)F)S(C)(=O)=O. The van der Waals surface area contributed by atoms with Crippen LogP contribution in [0.4, 0.5) is 13.2 Å². The van der Waals surface area contributed by atoms with Gasteiger partial charge in [0.25, 0.3) is 0 Å². The fourth-order valence-electron chi connectivity index (χ4n) is 0.902. The van der Waals surface area contributed by atoms with Crippen molar-refractivity contribution in [2.45, 2.75) is 17.8 Å². The maximum Gasteiger partial charge on any atom is 0.432 e. The first-order chi connectivity index (χ1) is 7.04. The van der Waals surface area contributed by atoms with Crippen molar-refractivity contribution >= 4 is 15.8 Å². The fourth-order valence-corrected chi connectivity index (χ4v) is 1.85. The minimum absolute atomic E-state index is 0.153. The van der Waals surface area contributed by atoms with Gasteiger partial charge in [0.15, 0.2) is 9.84 Å². The van der Waals surface area contributed by atoms with E-state index in [4.69, 9.17) is 5.26 Å². The first kappa shape index (κ1) is 14.7. The van der Waals surface area contributed by atoms with Crippen LogP contribution in [0.5, 0.6) is 0 Å². The van der Waals surface area contributed by atoms with Crippen LogP contribution in [0.15, 0.2) is 0 Å². The molecule has 92 valence electrons. The highest BCUT2D eigenvalue weighted by molar-refractivity contribution is 7.93. The quantitative estimate of drug-likeness (QED) is 0.686. The maximum atomic E-state index is 12.5. The lowest BCUT2D eigenvalue weighted by Gasteiger charge is -2.24. The van der Waals surface area contributed by atoms with Gasteiger partial charge in [0, 0.05) is 6.26 Å². The van der Waals surface area contributed by atoms with Crippen LogP contribution in [0, 0.1) is 11.3 Å². The predicted molar refractivity (Wildman–Crippen MR) is 45.9 cm³/mol. The van der Waals surface area contributed by atoms with Crippen molar-refractivity contribution in [3.8, 4) is 6.07 Å². The Bertz CT molecular complexity index is 422. The summed E-state index contributed by atoms with van der Waals surface area (Å²) in [7, 11) is -5.02. The molecule has 0 radical (unpaired) electrons. The highest BCUT2D eigenvalue weighted by Gasteiger charge is 2.70. The van der Waals surface area contributed by atoms with Gasteiger partial charge in [-0.25, -0.2) is 13.2 Å². The zero-order chi connectivity index (χ0) is 13.2. The van der Waals surface area contributed by atoms with E-state index >= 15 is 0 Å². The Morgan fingerprint density at radius 1 is 1.44 bits per heavy atom. The summed E-state index contributed by atoms with van der Waals surface area (Å²) >= 11 is 0. The Kier molecular flexibility index (Phi) is 3.94. The average Bonchev–Trinajstić information content (AvgIpc) is 2.00. The Morgan fingerprint density at radius 3 is 2.06 bits per heavy atom. The number of ether oxygens (including phenoxy) is 1. The van der Waals surface area contributed by atoms with Gasteiger partial charge < -0.3 is 4.74 Å². The molecule has 0 aliphatic carbocycles. The number of nitrogens with zero attached hydrogens (tertiary/aromatic N) is 1. The van der Waals surface area contributed by atoms with Crippen molar-refractivity contribution in [1.29, 1.82) is 5.26 Å². The van der Waals surface area contributed by atoms with E-state index in [1.165, 1.54) is 6.92 Å². The summed E-state index contributed by atoms with van der Waals surface area (Å²) in [5.74, 6) is -2.13. The first-order valence-corrected chi connectivity index (χ1v) is 5.78. The van der Waals surface area contributed by atoms with Gasteiger partial charge >= 0.3 is 16.9 Å². The van der Waals surface area contributed by atoms with Gasteiger partial charge in [-0.1, -0.05) is 0 Å². The standard InChI is InChI=1S/C7H8F3NO4S/c1-3-15-5(12)6(4-11,7(8,9)10)16(2,13)14/h3H2,1-2H3. The van der Waals surface area contributed by atoms with E-state index < -0.39 is 33.3 Å². The lowest BCUT2D eigenvalue weighted by molar-refractivity contribution is -0.179. The van der Waals surface area contributed by atoms with Crippen molar-refractivity contribution in [3.05, 3.63) is 0 Å². The molecule has 0 fully saturated rings. The molecule has 0 aromatic rings. The van der Waals surface area contributed by atoms with Crippen LogP contribution in [-0.2, 0) is 19.4 Å². The molecule has 1 unspecified atom stereocenters. The molecule has 16 heavy (non-hydrogen) atoms. The van der Waals surface area contributed by atoms with E-state index in [1.807, 2.05) is 0 Å². The van der Waals surface area contributed by atoms with Crippen LogP contribution in [0.2, 0.25) is 0 Å². The Morgan fingerprint density at radius 2 is 1.88 bits per heavy atom. The van der Waals surface area contributed by atoms with E-state index in [0.717, 1.165) is 0 Å². The number of sulfone groups is 1. The van der Waals surface area contributed by atoms with Crippen LogP contribution in [-0.4, -0.2) is 38.2 Å². The molecule has 0 spiro atoms. The highest BCUT2D eigenvalue weighted by Crippen LogP contribution is 2.37. The number of esters is 1. The second-order valence-corrected chi connectivity index (χ2v) is 4.94. The van der Waals surface area contributed by atoms with E-state index in [0.29, 0.717) is 6.07 Å². The third kappa shape index (κ3) is 2.11. The van der Waals surface area contributed by atoms with Gasteiger partial charge in [0.1, 0.15) is 6.07 Å². The molecular formula is C7H8F3NO4S. The zero-order valence-corrected chi connectivity index (χ0v) is 9.15. The molecule has 0 saturated heterocycles. The van der Waals surface area contributed by atoms with Gasteiger partial charge in [-0.3, -0.25) is 0 Å². The molecule has 0 aromatic heterocycles. The van der Waals surface area contributed by atoms with Gasteiger partial charge in [0.05, 0.1) is 6.61 Å². The molecule has 0 amide bonds. The number of nitriles is 1. The highest BCUT2D eigenvalue weighted by atomic mass is 32.2. The number of carbonyl (C=O) groups is 1. The van der Waals surface area contributed by atoms with Crippen LogP contribution in [0.25, 0.3) is 0 Å². The van der Waals surface area contributed by atoms with Crippen molar-refractivity contribution in [1.82, 2.24) is 0 Å². The second-order valence-electron chi connectivity index (χ2n) is 2.78. The number of rotatable bonds is 3. The molecule has 0 aromatic carbocycles. The second kappa shape index (κ2) is 4.29. The molecule has 0 bridgehead atoms. The Balaban J connectivity index is 5.93. The summed E-state index contributed by atoms with van der Waals surface area (Å²) in [6, 6.07) is 0.493. The lowest BCUT2D eigenvalue weighted by atomic mass is 10.1. The zero-order valence-electron chi connectivity index (χ0n) is 8.33. The monoisotopic (exact) mass is 259 g/mol. The van der Waals surface area contributed by atoms with Gasteiger partial charge in [-0.2, -0.15) is 18.4 Å².